The summed E-state index contributed by atoms with van der Waals surface area (Å²) in [5.41, 5.74) is -0.548. The fraction of sp³-hybridized carbons (Fsp3) is 0.286. The van der Waals surface area contributed by atoms with Gasteiger partial charge in [0.15, 0.2) is 0 Å². The van der Waals surface area contributed by atoms with Gasteiger partial charge in [-0.25, -0.2) is 0 Å². The van der Waals surface area contributed by atoms with Crippen molar-refractivity contribution in [3.8, 4) is 0 Å². The number of halogens is 3. The first kappa shape index (κ1) is 14.6. The van der Waals surface area contributed by atoms with Gasteiger partial charge in [0.2, 0.25) is 0 Å². The van der Waals surface area contributed by atoms with Gasteiger partial charge in [0.25, 0.3) is 0 Å². The lowest BCUT2D eigenvalue weighted by Gasteiger charge is -2.17. The van der Waals surface area contributed by atoms with E-state index in [-0.39, 0.29) is 18.7 Å². The average Bonchev–Trinajstić information content (AvgIpc) is 2.93. The van der Waals surface area contributed by atoms with Crippen molar-refractivity contribution in [3.05, 3.63) is 59.5 Å². The van der Waals surface area contributed by atoms with Gasteiger partial charge in [-0.3, -0.25) is 0 Å². The summed E-state index contributed by atoms with van der Waals surface area (Å²) in [4.78, 5) is 0. The lowest BCUT2D eigenvalue weighted by molar-refractivity contribution is -0.138. The molecule has 2 rings (SSSR count). The highest BCUT2D eigenvalue weighted by atomic mass is 19.4. The Labute approximate surface area is 114 Å². The van der Waals surface area contributed by atoms with Gasteiger partial charge in [-0.15, -0.1) is 0 Å². The largest absolute Gasteiger partial charge is 0.468 e. The van der Waals surface area contributed by atoms with Crippen molar-refractivity contribution in [1.82, 2.24) is 5.32 Å². The number of hydrogen-bond donors (Lipinski definition) is 2. The zero-order valence-corrected chi connectivity index (χ0v) is 10.5. The Morgan fingerprint density at radius 2 is 1.90 bits per heavy atom. The van der Waals surface area contributed by atoms with Crippen LogP contribution >= 0.6 is 0 Å². The zero-order valence-electron chi connectivity index (χ0n) is 10.5. The molecule has 0 bridgehead atoms. The number of aliphatic hydroxyl groups excluding tert-OH is 1. The normalized spacial score (nSPS) is 13.4. The third-order valence-corrected chi connectivity index (χ3v) is 2.93. The molecule has 1 unspecified atom stereocenters. The van der Waals surface area contributed by atoms with E-state index in [0.29, 0.717) is 5.76 Å². The summed E-state index contributed by atoms with van der Waals surface area (Å²) in [6.45, 7) is -0.274. The third kappa shape index (κ3) is 3.40. The van der Waals surface area contributed by atoms with Gasteiger partial charge >= 0.3 is 6.18 Å². The van der Waals surface area contributed by atoms with E-state index in [4.69, 9.17) is 4.42 Å². The van der Waals surface area contributed by atoms with Gasteiger partial charge in [0.05, 0.1) is 24.5 Å². The topological polar surface area (TPSA) is 45.4 Å². The van der Waals surface area contributed by atoms with Crippen LogP contribution in [-0.4, -0.2) is 11.7 Å². The van der Waals surface area contributed by atoms with Crippen LogP contribution in [0.2, 0.25) is 0 Å². The molecule has 1 aromatic carbocycles. The van der Waals surface area contributed by atoms with Crippen molar-refractivity contribution in [2.45, 2.75) is 18.8 Å². The molecule has 0 fully saturated rings. The number of benzene rings is 1. The van der Waals surface area contributed by atoms with Crippen molar-refractivity contribution in [2.24, 2.45) is 0 Å². The molecule has 6 heteroatoms. The van der Waals surface area contributed by atoms with Crippen molar-refractivity contribution >= 4 is 0 Å². The summed E-state index contributed by atoms with van der Waals surface area (Å²) in [6, 6.07) is 8.12. The molecule has 2 aromatic rings. The van der Waals surface area contributed by atoms with Crippen LogP contribution < -0.4 is 5.32 Å². The smallest absolute Gasteiger partial charge is 0.416 e. The van der Waals surface area contributed by atoms with E-state index in [1.807, 2.05) is 0 Å². The van der Waals surface area contributed by atoms with Crippen LogP contribution in [0, 0.1) is 0 Å². The molecule has 3 nitrogen and oxygen atoms in total. The second-order valence-corrected chi connectivity index (χ2v) is 4.29. The number of furan rings is 1. The summed E-state index contributed by atoms with van der Waals surface area (Å²) in [5, 5.41) is 12.1. The highest BCUT2D eigenvalue weighted by Crippen LogP contribution is 2.32. The van der Waals surface area contributed by atoms with Crippen molar-refractivity contribution in [2.75, 3.05) is 6.61 Å². The summed E-state index contributed by atoms with van der Waals surface area (Å²) in [5.74, 6) is 0.483. The van der Waals surface area contributed by atoms with Crippen LogP contribution in [-0.2, 0) is 12.7 Å². The molecule has 108 valence electrons. The van der Waals surface area contributed by atoms with Crippen molar-refractivity contribution < 1.29 is 22.7 Å². The molecule has 0 aliphatic heterocycles. The van der Waals surface area contributed by atoms with Crippen LogP contribution in [0.4, 0.5) is 13.2 Å². The van der Waals surface area contributed by atoms with Crippen LogP contribution in [0.5, 0.6) is 0 Å². The van der Waals surface area contributed by atoms with E-state index < -0.39 is 17.8 Å². The minimum Gasteiger partial charge on any atom is -0.468 e. The maximum absolute atomic E-state index is 12.8. The SMILES string of the molecule is OCC(NCc1ccccc1C(F)(F)F)c1ccco1. The van der Waals surface area contributed by atoms with E-state index >= 15 is 0 Å². The Morgan fingerprint density at radius 1 is 1.15 bits per heavy atom. The van der Waals surface area contributed by atoms with Crippen LogP contribution in [0.3, 0.4) is 0 Å². The minimum atomic E-state index is -4.39. The van der Waals surface area contributed by atoms with E-state index in [2.05, 4.69) is 5.32 Å². The first-order valence-corrected chi connectivity index (χ1v) is 6.05. The summed E-state index contributed by atoms with van der Waals surface area (Å²) in [7, 11) is 0. The molecule has 0 saturated heterocycles. The first-order chi connectivity index (χ1) is 9.52. The van der Waals surface area contributed by atoms with Crippen LogP contribution in [0.25, 0.3) is 0 Å². The molecule has 0 radical (unpaired) electrons. The predicted molar refractivity (Wildman–Crippen MR) is 66.8 cm³/mol. The Kier molecular flexibility index (Phi) is 4.46. The Bertz CT molecular complexity index is 538. The maximum atomic E-state index is 12.8. The standard InChI is InChI=1S/C14H14F3NO2/c15-14(16,17)11-5-2-1-4-10(11)8-18-12(9-19)13-6-3-7-20-13/h1-7,12,18-19H,8-9H2. The lowest BCUT2D eigenvalue weighted by atomic mass is 10.1. The van der Waals surface area contributed by atoms with Gasteiger partial charge in [-0.05, 0) is 23.8 Å². The molecule has 0 saturated carbocycles. The van der Waals surface area contributed by atoms with Crippen molar-refractivity contribution in [3.63, 3.8) is 0 Å². The fourth-order valence-electron chi connectivity index (χ4n) is 1.93. The monoisotopic (exact) mass is 285 g/mol. The molecule has 0 amide bonds. The molecule has 1 heterocycles. The average molecular weight is 285 g/mol. The number of aliphatic hydroxyl groups is 1. The number of nitrogens with one attached hydrogen (secondary N) is 1. The van der Waals surface area contributed by atoms with E-state index in [1.165, 1.54) is 18.4 Å². The molecule has 0 aliphatic rings. The van der Waals surface area contributed by atoms with Crippen LogP contribution in [0.15, 0.2) is 47.1 Å². The summed E-state index contributed by atoms with van der Waals surface area (Å²) < 4.78 is 43.6. The molecular weight excluding hydrogens is 271 g/mol. The molecule has 1 atom stereocenters. The van der Waals surface area contributed by atoms with Gasteiger partial charge in [0.1, 0.15) is 5.76 Å². The number of alkyl halides is 3. The first-order valence-electron chi connectivity index (χ1n) is 6.05. The number of rotatable bonds is 5. The predicted octanol–water partition coefficient (Wildman–Crippen LogP) is 3.12. The van der Waals surface area contributed by atoms with Crippen LogP contribution in [0.1, 0.15) is 22.9 Å². The Morgan fingerprint density at radius 3 is 2.50 bits per heavy atom. The van der Waals surface area contributed by atoms with E-state index in [1.54, 1.807) is 18.2 Å². The molecule has 0 spiro atoms. The maximum Gasteiger partial charge on any atom is 0.416 e. The summed E-state index contributed by atoms with van der Waals surface area (Å²) >= 11 is 0. The van der Waals surface area contributed by atoms with E-state index in [9.17, 15) is 18.3 Å². The zero-order chi connectivity index (χ0) is 14.6. The molecule has 0 aliphatic carbocycles. The highest BCUT2D eigenvalue weighted by Gasteiger charge is 2.32. The van der Waals surface area contributed by atoms with Gasteiger partial charge in [0, 0.05) is 6.54 Å². The molecule has 2 N–H and O–H groups in total. The number of hydrogen-bond acceptors (Lipinski definition) is 3. The van der Waals surface area contributed by atoms with Gasteiger partial charge < -0.3 is 14.8 Å². The quantitative estimate of drug-likeness (QED) is 0.887. The highest BCUT2D eigenvalue weighted by molar-refractivity contribution is 5.29. The second-order valence-electron chi connectivity index (χ2n) is 4.29. The second kappa shape index (κ2) is 6.11. The van der Waals surface area contributed by atoms with Gasteiger partial charge in [-0.1, -0.05) is 18.2 Å². The summed E-state index contributed by atoms with van der Waals surface area (Å²) in [6.07, 6.45) is -2.94. The Balaban J connectivity index is 2.11. The fourth-order valence-corrected chi connectivity index (χ4v) is 1.93. The lowest BCUT2D eigenvalue weighted by Crippen LogP contribution is -2.25. The molecular formula is C14H14F3NO2. The Hall–Kier alpha value is -1.79. The van der Waals surface area contributed by atoms with Crippen molar-refractivity contribution in [1.29, 1.82) is 0 Å². The van der Waals surface area contributed by atoms with E-state index in [0.717, 1.165) is 6.07 Å². The molecule has 1 aromatic heterocycles. The minimum absolute atomic E-state index is 0.0123. The third-order valence-electron chi connectivity index (χ3n) is 2.93. The molecule has 20 heavy (non-hydrogen) atoms. The van der Waals surface area contributed by atoms with Gasteiger partial charge in [-0.2, -0.15) is 13.2 Å².